The molecule has 0 aliphatic heterocycles. The van der Waals surface area contributed by atoms with Crippen LogP contribution < -0.4 is 5.32 Å². The molecule has 1 atom stereocenters. The van der Waals surface area contributed by atoms with Crippen LogP contribution in [0.2, 0.25) is 0 Å². The first kappa shape index (κ1) is 17.5. The van der Waals surface area contributed by atoms with Crippen molar-refractivity contribution in [2.75, 3.05) is 20.3 Å². The third-order valence-corrected chi connectivity index (χ3v) is 3.89. The molecule has 0 aromatic carbocycles. The van der Waals surface area contributed by atoms with E-state index in [0.29, 0.717) is 32.5 Å². The smallest absolute Gasteiger partial charge is 0.326 e. The molecule has 0 spiro atoms. The van der Waals surface area contributed by atoms with Gasteiger partial charge >= 0.3 is 12.0 Å². The van der Waals surface area contributed by atoms with Crippen molar-refractivity contribution in [2.24, 2.45) is 0 Å². The van der Waals surface area contributed by atoms with E-state index in [-0.39, 0.29) is 6.03 Å². The number of rotatable bonds is 9. The molecule has 1 rings (SSSR count). The molecule has 1 unspecified atom stereocenters. The van der Waals surface area contributed by atoms with Gasteiger partial charge in [0.05, 0.1) is 6.54 Å². The Labute approximate surface area is 128 Å². The fourth-order valence-electron chi connectivity index (χ4n) is 1.85. The maximum Gasteiger partial charge on any atom is 0.326 e. The molecule has 1 aromatic rings. The molecule has 0 saturated heterocycles. The summed E-state index contributed by atoms with van der Waals surface area (Å²) in [5.41, 5.74) is 0. The maximum atomic E-state index is 12.2. The lowest BCUT2D eigenvalue weighted by Crippen LogP contribution is -2.47. The maximum absolute atomic E-state index is 12.2. The molecule has 21 heavy (non-hydrogen) atoms. The Kier molecular flexibility index (Phi) is 7.78. The van der Waals surface area contributed by atoms with E-state index in [0.717, 1.165) is 4.88 Å². The van der Waals surface area contributed by atoms with Crippen LogP contribution in [0.1, 0.15) is 24.6 Å². The molecule has 0 bridgehead atoms. The van der Waals surface area contributed by atoms with Gasteiger partial charge in [-0.15, -0.1) is 11.3 Å². The number of carboxylic acids is 1. The summed E-state index contributed by atoms with van der Waals surface area (Å²) in [5.74, 6) is -1.02. The zero-order chi connectivity index (χ0) is 15.7. The van der Waals surface area contributed by atoms with Crippen molar-refractivity contribution in [1.82, 2.24) is 10.2 Å². The minimum absolute atomic E-state index is 0.351. The van der Waals surface area contributed by atoms with Crippen LogP contribution in [0.4, 0.5) is 4.79 Å². The predicted octanol–water partition coefficient (Wildman–Crippen LogP) is 2.16. The number of carboxylic acid groups (broad SMARTS) is 1. The van der Waals surface area contributed by atoms with Gasteiger partial charge in [-0.1, -0.05) is 6.07 Å². The Bertz CT molecular complexity index is 436. The Hall–Kier alpha value is -1.60. The van der Waals surface area contributed by atoms with Crippen molar-refractivity contribution in [1.29, 1.82) is 0 Å². The molecule has 118 valence electrons. The second-order valence-corrected chi connectivity index (χ2v) is 5.60. The Morgan fingerprint density at radius 2 is 2.29 bits per heavy atom. The molecule has 0 fully saturated rings. The summed E-state index contributed by atoms with van der Waals surface area (Å²) in [7, 11) is 1.56. The van der Waals surface area contributed by atoms with Crippen molar-refractivity contribution in [3.05, 3.63) is 22.4 Å². The number of urea groups is 1. The summed E-state index contributed by atoms with van der Waals surface area (Å²) in [5, 5.41) is 13.7. The van der Waals surface area contributed by atoms with E-state index in [1.807, 2.05) is 24.4 Å². The van der Waals surface area contributed by atoms with Crippen LogP contribution in [0.3, 0.4) is 0 Å². The fourth-order valence-corrected chi connectivity index (χ4v) is 2.57. The minimum Gasteiger partial charge on any atom is -0.480 e. The monoisotopic (exact) mass is 314 g/mol. The molecule has 2 amide bonds. The highest BCUT2D eigenvalue weighted by Gasteiger charge is 2.22. The van der Waals surface area contributed by atoms with Gasteiger partial charge in [0.25, 0.3) is 0 Å². The Morgan fingerprint density at radius 1 is 1.52 bits per heavy atom. The molecule has 6 nitrogen and oxygen atoms in total. The lowest BCUT2D eigenvalue weighted by atomic mass is 10.1. The van der Waals surface area contributed by atoms with Gasteiger partial charge in [-0.05, 0) is 31.2 Å². The van der Waals surface area contributed by atoms with E-state index >= 15 is 0 Å². The summed E-state index contributed by atoms with van der Waals surface area (Å²) in [6.07, 6.45) is 0.941. The van der Waals surface area contributed by atoms with Crippen molar-refractivity contribution in [3.8, 4) is 0 Å². The number of amides is 2. The van der Waals surface area contributed by atoms with E-state index in [1.54, 1.807) is 23.3 Å². The molecule has 0 radical (unpaired) electrons. The number of methoxy groups -OCH3 is 1. The van der Waals surface area contributed by atoms with Gasteiger partial charge in [-0.2, -0.15) is 0 Å². The zero-order valence-electron chi connectivity index (χ0n) is 12.4. The molecule has 0 saturated carbocycles. The van der Waals surface area contributed by atoms with Crippen molar-refractivity contribution in [3.63, 3.8) is 0 Å². The molecule has 1 heterocycles. The first-order valence-corrected chi connectivity index (χ1v) is 7.76. The van der Waals surface area contributed by atoms with Gasteiger partial charge < -0.3 is 20.1 Å². The molecule has 7 heteroatoms. The van der Waals surface area contributed by atoms with Crippen LogP contribution in [0.15, 0.2) is 17.5 Å². The van der Waals surface area contributed by atoms with Crippen molar-refractivity contribution in [2.45, 2.75) is 32.4 Å². The summed E-state index contributed by atoms with van der Waals surface area (Å²) < 4.78 is 4.90. The highest BCUT2D eigenvalue weighted by Crippen LogP contribution is 2.12. The summed E-state index contributed by atoms with van der Waals surface area (Å²) >= 11 is 1.57. The number of ether oxygens (including phenoxy) is 1. The average Bonchev–Trinajstić information content (AvgIpc) is 2.96. The highest BCUT2D eigenvalue weighted by molar-refractivity contribution is 7.09. The largest absolute Gasteiger partial charge is 0.480 e. The SMILES string of the molecule is CCN(Cc1cccs1)C(=O)NC(CCCOC)C(=O)O. The molecule has 2 N–H and O–H groups in total. The van der Waals surface area contributed by atoms with Gasteiger partial charge in [0.1, 0.15) is 6.04 Å². The van der Waals surface area contributed by atoms with E-state index in [9.17, 15) is 9.59 Å². The molecule has 0 aliphatic rings. The normalized spacial score (nSPS) is 11.9. The Morgan fingerprint density at radius 3 is 2.81 bits per heavy atom. The predicted molar refractivity (Wildman–Crippen MR) is 81.5 cm³/mol. The number of nitrogens with zero attached hydrogens (tertiary/aromatic N) is 1. The molecular weight excluding hydrogens is 292 g/mol. The second kappa shape index (κ2) is 9.36. The number of hydrogen-bond donors (Lipinski definition) is 2. The Balaban J connectivity index is 2.55. The van der Waals surface area contributed by atoms with Gasteiger partial charge in [0, 0.05) is 25.1 Å². The van der Waals surface area contributed by atoms with Crippen LogP contribution in [-0.4, -0.2) is 48.3 Å². The summed E-state index contributed by atoms with van der Waals surface area (Å²) in [4.78, 5) is 26.0. The van der Waals surface area contributed by atoms with Crippen LogP contribution >= 0.6 is 11.3 Å². The van der Waals surface area contributed by atoms with Gasteiger partial charge in [-0.25, -0.2) is 9.59 Å². The van der Waals surface area contributed by atoms with Crippen LogP contribution in [0, 0.1) is 0 Å². The topological polar surface area (TPSA) is 78.9 Å². The number of hydrogen-bond acceptors (Lipinski definition) is 4. The number of carbonyl (C=O) groups excluding carboxylic acids is 1. The quantitative estimate of drug-likeness (QED) is 0.685. The van der Waals surface area contributed by atoms with Crippen molar-refractivity contribution < 1.29 is 19.4 Å². The van der Waals surface area contributed by atoms with E-state index in [4.69, 9.17) is 9.84 Å². The number of aliphatic carboxylic acids is 1. The first-order chi connectivity index (χ1) is 10.1. The fraction of sp³-hybridized carbons (Fsp3) is 0.571. The molecule has 1 aromatic heterocycles. The van der Waals surface area contributed by atoms with E-state index < -0.39 is 12.0 Å². The highest BCUT2D eigenvalue weighted by atomic mass is 32.1. The second-order valence-electron chi connectivity index (χ2n) is 4.57. The zero-order valence-corrected chi connectivity index (χ0v) is 13.2. The van der Waals surface area contributed by atoms with E-state index in [2.05, 4.69) is 5.32 Å². The number of thiophene rings is 1. The number of carbonyl (C=O) groups is 2. The van der Waals surface area contributed by atoms with Crippen LogP contribution in [-0.2, 0) is 16.1 Å². The first-order valence-electron chi connectivity index (χ1n) is 6.88. The van der Waals surface area contributed by atoms with Gasteiger partial charge in [-0.3, -0.25) is 0 Å². The summed E-state index contributed by atoms with van der Waals surface area (Å²) in [6.45, 7) is 3.36. The molecular formula is C14H22N2O4S. The summed E-state index contributed by atoms with van der Waals surface area (Å²) in [6, 6.07) is 2.64. The number of nitrogens with one attached hydrogen (secondary N) is 1. The standard InChI is InChI=1S/C14H22N2O4S/c1-3-16(10-11-6-5-9-21-11)14(19)15-12(13(17)18)7-4-8-20-2/h5-6,9,12H,3-4,7-8,10H2,1-2H3,(H,15,19)(H,17,18). The average molecular weight is 314 g/mol. The molecule has 0 aliphatic carbocycles. The van der Waals surface area contributed by atoms with Gasteiger partial charge in [0.2, 0.25) is 0 Å². The van der Waals surface area contributed by atoms with E-state index in [1.165, 1.54) is 0 Å². The van der Waals surface area contributed by atoms with Crippen LogP contribution in [0.25, 0.3) is 0 Å². The third-order valence-electron chi connectivity index (χ3n) is 3.03. The lowest BCUT2D eigenvalue weighted by Gasteiger charge is -2.23. The van der Waals surface area contributed by atoms with Crippen molar-refractivity contribution >= 4 is 23.3 Å². The minimum atomic E-state index is -1.02. The lowest BCUT2D eigenvalue weighted by molar-refractivity contribution is -0.139. The van der Waals surface area contributed by atoms with Gasteiger partial charge in [0.15, 0.2) is 0 Å². The van der Waals surface area contributed by atoms with Crippen LogP contribution in [0.5, 0.6) is 0 Å². The third kappa shape index (κ3) is 6.14.